The van der Waals surface area contributed by atoms with Gasteiger partial charge in [-0.15, -0.1) is 0 Å². The molecule has 6 heterocycles. The van der Waals surface area contributed by atoms with Gasteiger partial charge in [0.1, 0.15) is 24.2 Å². The lowest BCUT2D eigenvalue weighted by Gasteiger charge is -2.38. The summed E-state index contributed by atoms with van der Waals surface area (Å²) in [5.74, 6) is 0. The molecule has 18 aromatic rings. The molecule has 0 spiro atoms. The molecular formula is C116H93B3N2Si3. The Morgan fingerprint density at radius 3 is 0.911 bits per heavy atom. The summed E-state index contributed by atoms with van der Waals surface area (Å²) in [5.41, 5.74) is 44.4. The molecule has 0 amide bonds. The molecule has 588 valence electrons. The topological polar surface area (TPSA) is 6.48 Å². The van der Waals surface area contributed by atoms with Crippen molar-refractivity contribution in [3.63, 3.8) is 0 Å². The van der Waals surface area contributed by atoms with E-state index in [1.807, 2.05) is 0 Å². The Labute approximate surface area is 734 Å². The fourth-order valence-electron chi connectivity index (χ4n) is 21.8. The maximum Gasteiger partial charge on any atom is 0.242 e. The van der Waals surface area contributed by atoms with Crippen molar-refractivity contribution in [1.82, 2.24) is 0 Å². The minimum absolute atomic E-state index is 0.233. The van der Waals surface area contributed by atoms with E-state index >= 15 is 0 Å². The number of anilines is 6. The Kier molecular flexibility index (Phi) is 18.8. The second kappa shape index (κ2) is 30.5. The Bertz CT molecular complexity index is 7130. The lowest BCUT2D eigenvalue weighted by atomic mass is 9.38. The zero-order valence-corrected chi connectivity index (χ0v) is 74.5. The Morgan fingerprint density at radius 2 is 0.460 bits per heavy atom. The predicted molar refractivity (Wildman–Crippen MR) is 545 cm³/mol. The van der Waals surface area contributed by atoms with Crippen LogP contribution in [-0.2, 0) is 0 Å². The minimum atomic E-state index is -2.15. The van der Waals surface area contributed by atoms with Gasteiger partial charge in [-0.1, -0.05) is 458 Å². The molecule has 0 fully saturated rings. The predicted octanol–water partition coefficient (Wildman–Crippen LogP) is 19.8. The van der Waals surface area contributed by atoms with E-state index in [0.29, 0.717) is 6.71 Å². The second-order valence-electron chi connectivity index (χ2n) is 36.3. The average Bonchev–Trinajstić information content (AvgIpc) is 1.53. The quantitative estimate of drug-likeness (QED) is 0.119. The van der Waals surface area contributed by atoms with Crippen molar-refractivity contribution in [1.29, 1.82) is 0 Å². The van der Waals surface area contributed by atoms with E-state index in [4.69, 9.17) is 0 Å². The number of hydrogen-bond donors (Lipinski definition) is 0. The van der Waals surface area contributed by atoms with E-state index in [9.17, 15) is 0 Å². The molecule has 0 saturated carbocycles. The van der Waals surface area contributed by atoms with E-state index in [-0.39, 0.29) is 13.4 Å². The summed E-state index contributed by atoms with van der Waals surface area (Å²) in [6.45, 7) is 20.4. The van der Waals surface area contributed by atoms with Crippen LogP contribution >= 0.6 is 0 Å². The van der Waals surface area contributed by atoms with Gasteiger partial charge in [-0.3, -0.25) is 0 Å². The first-order valence-electron chi connectivity index (χ1n) is 44.0. The molecule has 2 nitrogen and oxygen atoms in total. The summed E-state index contributed by atoms with van der Waals surface area (Å²) in [5, 5.41) is 9.43. The van der Waals surface area contributed by atoms with E-state index < -0.39 is 24.2 Å². The first kappa shape index (κ1) is 76.5. The number of nitrogens with zero attached hydrogens (tertiary/aromatic N) is 2. The van der Waals surface area contributed by atoms with Gasteiger partial charge in [-0.05, 0) is 194 Å². The molecule has 0 unspecified atom stereocenters. The van der Waals surface area contributed by atoms with Crippen molar-refractivity contribution in [2.45, 2.75) is 53.1 Å². The van der Waals surface area contributed by atoms with Gasteiger partial charge < -0.3 is 9.80 Å². The molecule has 0 aromatic heterocycles. The van der Waals surface area contributed by atoms with Crippen LogP contribution in [0.15, 0.2) is 419 Å². The molecule has 6 aliphatic heterocycles. The van der Waals surface area contributed by atoms with Crippen molar-refractivity contribution in [2.75, 3.05) is 9.80 Å². The summed E-state index contributed by atoms with van der Waals surface area (Å²) in [7, 11) is -5.93. The number of hydrogen-bond acceptors (Lipinski definition) is 2. The van der Waals surface area contributed by atoms with Crippen LogP contribution in [0, 0.1) is 13.8 Å². The third kappa shape index (κ3) is 12.8. The van der Waals surface area contributed by atoms with E-state index in [2.05, 4.69) is 482 Å². The molecule has 0 N–H and O–H groups in total. The highest BCUT2D eigenvalue weighted by Crippen LogP contribution is 2.42. The zero-order chi connectivity index (χ0) is 83.7. The van der Waals surface area contributed by atoms with E-state index in [0.717, 1.165) is 0 Å². The van der Waals surface area contributed by atoms with Gasteiger partial charge in [0.15, 0.2) is 0 Å². The molecule has 0 bridgehead atoms. The number of fused-ring (bicyclic) bond motifs is 15. The Morgan fingerprint density at radius 1 is 0.169 bits per heavy atom. The van der Waals surface area contributed by atoms with Crippen LogP contribution in [0.4, 0.5) is 34.1 Å². The monoisotopic (exact) mass is 1630 g/mol. The summed E-state index contributed by atoms with van der Waals surface area (Å²) >= 11 is 0. The fraction of sp³-hybridized carbons (Fsp3) is 0.0690. The van der Waals surface area contributed by atoms with Gasteiger partial charge in [0, 0.05) is 34.1 Å². The standard InChI is InChI=1S/C44H34BNSi.C40H33BSi.C32H26BNSi/c1-47(2)42-28-34(32-17-9-4-10-18-32)24-26-41(42)45-40-25-23-33(31-15-7-3-8-16-31)27-38(40)39-29-37(30-43(47)44(39)45)46(35-19-11-5-12-20-35)36-21-13-6-14-22-36;1-26-10-14-29(15-11-26)31-18-20-36-34(22-31)35-23-33(28-8-6-5-7-9-28)25-39-40(35)41(36)37-21-19-32(24-38(37)42(39,3)4)30-16-12-27(2)13-17-30;1-35(2)30-18-10-9-17-29(30)33-28-21-20-25(22-27(28)26-16-11-19-31(35)32(26)33)34(23-12-5-3-6-13-23)24-14-7-4-8-15-24/h3-30H,1-2H3;5-25H,1-4H3;3-22H,1-2H3. The van der Waals surface area contributed by atoms with E-state index in [1.165, 1.54) is 173 Å². The summed E-state index contributed by atoms with van der Waals surface area (Å²) in [6.07, 6.45) is 0. The third-order valence-corrected chi connectivity index (χ3v) is 38.6. The molecule has 24 rings (SSSR count). The van der Waals surface area contributed by atoms with Crippen LogP contribution in [0.5, 0.6) is 0 Å². The van der Waals surface area contributed by atoms with Gasteiger partial charge in [0.05, 0.1) is 0 Å². The number of para-hydroxylation sites is 4. The molecule has 8 heteroatoms. The molecular weight excluding hydrogens is 1540 g/mol. The molecule has 0 atom stereocenters. The molecule has 0 radical (unpaired) electrons. The van der Waals surface area contributed by atoms with Crippen LogP contribution in [0.25, 0.3) is 89.0 Å². The Balaban J connectivity index is 0.000000112. The summed E-state index contributed by atoms with van der Waals surface area (Å²) in [6, 6.07) is 156. The highest BCUT2D eigenvalue weighted by atomic mass is 28.3. The van der Waals surface area contributed by atoms with Crippen LogP contribution < -0.4 is 90.1 Å². The van der Waals surface area contributed by atoms with Crippen molar-refractivity contribution in [3.05, 3.63) is 430 Å². The van der Waals surface area contributed by atoms with Gasteiger partial charge in [0.25, 0.3) is 0 Å². The van der Waals surface area contributed by atoms with Crippen molar-refractivity contribution in [2.24, 2.45) is 0 Å². The first-order valence-corrected chi connectivity index (χ1v) is 53.0. The zero-order valence-electron chi connectivity index (χ0n) is 71.5. The van der Waals surface area contributed by atoms with Crippen LogP contribution in [0.3, 0.4) is 0 Å². The number of benzene rings is 18. The van der Waals surface area contributed by atoms with Crippen molar-refractivity contribution in [3.8, 4) is 89.0 Å². The van der Waals surface area contributed by atoms with Crippen LogP contribution in [0.2, 0.25) is 39.3 Å². The lowest BCUT2D eigenvalue weighted by molar-refractivity contribution is 1.29. The van der Waals surface area contributed by atoms with Crippen molar-refractivity contribution >= 4 is 159 Å². The van der Waals surface area contributed by atoms with Crippen molar-refractivity contribution < 1.29 is 0 Å². The van der Waals surface area contributed by atoms with Crippen LogP contribution in [0.1, 0.15) is 11.1 Å². The third-order valence-electron chi connectivity index (χ3n) is 28.0. The van der Waals surface area contributed by atoms with Crippen LogP contribution in [-0.4, -0.2) is 44.4 Å². The molecule has 0 saturated heterocycles. The largest absolute Gasteiger partial charge is 0.310 e. The normalized spacial score (nSPS) is 13.8. The smallest absolute Gasteiger partial charge is 0.242 e. The molecule has 0 aliphatic carbocycles. The molecule has 124 heavy (non-hydrogen) atoms. The van der Waals surface area contributed by atoms with Gasteiger partial charge in [0.2, 0.25) is 20.1 Å². The summed E-state index contributed by atoms with van der Waals surface area (Å²) in [4.78, 5) is 4.80. The van der Waals surface area contributed by atoms with E-state index in [1.54, 1.807) is 42.0 Å². The average molecular weight is 1630 g/mol. The molecule has 6 aliphatic rings. The van der Waals surface area contributed by atoms with Gasteiger partial charge >= 0.3 is 0 Å². The lowest BCUT2D eigenvalue weighted by Crippen LogP contribution is -2.75. The van der Waals surface area contributed by atoms with Gasteiger partial charge in [-0.25, -0.2) is 0 Å². The highest BCUT2D eigenvalue weighted by molar-refractivity contribution is 7.17. The maximum atomic E-state index is 2.56. The second-order valence-corrected chi connectivity index (χ2v) is 49.3. The number of aryl methyl sites for hydroxylation is 2. The van der Waals surface area contributed by atoms with Gasteiger partial charge in [-0.2, -0.15) is 0 Å². The minimum Gasteiger partial charge on any atom is -0.310 e. The first-order chi connectivity index (χ1) is 60.6. The SMILES string of the molecule is C[Si]1(C)c2cc(-c3ccccc3)ccc2B2c3ccc(-c4ccccc4)cc3-c3cc(N(c4ccccc4)c4ccccc4)cc1c32.C[Si]1(C)c2ccccc2B2c3ccc(N(c4ccccc4)c4ccccc4)cc3-c3cccc1c32.Cc1ccc(-c2ccc3c(c2)-c2cc(-c4ccccc4)cc4c2B3c2ccc(-c3ccc(C)cc3)cc2[Si]4(C)C)cc1. The fourth-order valence-corrected chi connectivity index (χ4v) is 31.4. The highest BCUT2D eigenvalue weighted by Gasteiger charge is 2.50. The Hall–Kier alpha value is -13.6. The maximum absolute atomic E-state index is 2.56. The summed E-state index contributed by atoms with van der Waals surface area (Å²) < 4.78 is 0. The molecule has 18 aromatic carbocycles. The number of rotatable bonds is 11.